The number of rotatable bonds is 2. The van der Waals surface area contributed by atoms with Gasteiger partial charge in [-0.1, -0.05) is 11.6 Å². The van der Waals surface area contributed by atoms with Crippen LogP contribution in [-0.4, -0.2) is 9.55 Å². The Hall–Kier alpha value is -2.43. The molecule has 0 aliphatic heterocycles. The molecule has 0 aliphatic rings. The van der Waals surface area contributed by atoms with E-state index in [0.29, 0.717) is 10.6 Å². The van der Waals surface area contributed by atoms with Crippen LogP contribution in [0.3, 0.4) is 0 Å². The van der Waals surface area contributed by atoms with Crippen LogP contribution in [0, 0.1) is 6.92 Å². The second-order valence-corrected chi connectivity index (χ2v) is 5.68. The molecule has 26 heavy (non-hydrogen) atoms. The Balaban J connectivity index is 2.27. The first-order valence-corrected chi connectivity index (χ1v) is 7.19. The van der Waals surface area contributed by atoms with Gasteiger partial charge in [-0.05, 0) is 19.1 Å². The summed E-state index contributed by atoms with van der Waals surface area (Å²) < 4.78 is 88.4. The number of aromatic nitrogens is 2. The van der Waals surface area contributed by atoms with Crippen molar-refractivity contribution in [3.8, 4) is 0 Å². The van der Waals surface area contributed by atoms with Crippen LogP contribution in [0.4, 0.5) is 26.3 Å². The van der Waals surface area contributed by atoms with Crippen molar-refractivity contribution in [2.45, 2.75) is 25.8 Å². The quantitative estimate of drug-likeness (QED) is 0.588. The normalized spacial score (nSPS) is 12.9. The molecule has 0 bridgehead atoms. The number of benzene rings is 1. The lowest BCUT2D eigenvalue weighted by atomic mass is 10.2. The molecule has 0 amide bonds. The molecule has 3 rings (SSSR count). The molecule has 3 aromatic rings. The summed E-state index contributed by atoms with van der Waals surface area (Å²) in [5.74, 6) is -2.88. The topological polar surface area (TPSA) is 61.2 Å². The minimum absolute atomic E-state index is 0.0667. The molecule has 0 radical (unpaired) electrons. The lowest BCUT2D eigenvalue weighted by Crippen LogP contribution is -2.15. The highest BCUT2D eigenvalue weighted by Gasteiger charge is 2.39. The smallest absolute Gasteiger partial charge is 0.396 e. The summed E-state index contributed by atoms with van der Waals surface area (Å²) >= 11 is 5.59. The van der Waals surface area contributed by atoms with Crippen LogP contribution < -0.4 is 5.82 Å². The highest BCUT2D eigenvalue weighted by Crippen LogP contribution is 2.39. The van der Waals surface area contributed by atoms with Gasteiger partial charge in [-0.2, -0.15) is 26.3 Å². The zero-order valence-electron chi connectivity index (χ0n) is 12.6. The van der Waals surface area contributed by atoms with Crippen LogP contribution >= 0.6 is 11.6 Å². The van der Waals surface area contributed by atoms with Gasteiger partial charge in [0.1, 0.15) is 5.76 Å². The number of hydrogen-bond donors (Lipinski definition) is 0. The van der Waals surface area contributed by atoms with Crippen molar-refractivity contribution in [3.63, 3.8) is 0 Å². The number of aryl methyl sites for hydroxylation is 1. The monoisotopic (exact) mass is 400 g/mol. The largest absolute Gasteiger partial charge is 0.519 e. The van der Waals surface area contributed by atoms with Crippen molar-refractivity contribution in [1.29, 1.82) is 0 Å². The Labute approximate surface area is 144 Å². The van der Waals surface area contributed by atoms with Crippen molar-refractivity contribution in [1.82, 2.24) is 9.55 Å². The summed E-state index contributed by atoms with van der Waals surface area (Å²) in [4.78, 5) is 14.3. The van der Waals surface area contributed by atoms with E-state index in [1.54, 1.807) is 0 Å². The highest BCUT2D eigenvalue weighted by atomic mass is 35.5. The Bertz CT molecular complexity index is 1040. The number of fused-ring (bicyclic) bond motifs is 1. The van der Waals surface area contributed by atoms with Gasteiger partial charge in [0, 0.05) is 0 Å². The van der Waals surface area contributed by atoms with Crippen LogP contribution in [0.25, 0.3) is 11.0 Å². The van der Waals surface area contributed by atoms with Crippen molar-refractivity contribution >= 4 is 22.6 Å². The van der Waals surface area contributed by atoms with Gasteiger partial charge >= 0.3 is 18.2 Å². The number of nitrogens with zero attached hydrogens (tertiary/aromatic N) is 2. The third-order valence-electron chi connectivity index (χ3n) is 3.53. The van der Waals surface area contributed by atoms with E-state index in [1.165, 1.54) is 6.92 Å². The fraction of sp³-hybridized carbons (Fsp3) is 0.286. The molecule has 12 heteroatoms. The van der Waals surface area contributed by atoms with Gasteiger partial charge in [0.05, 0.1) is 28.2 Å². The van der Waals surface area contributed by atoms with Crippen LogP contribution in [0.5, 0.6) is 0 Å². The Kier molecular flexibility index (Phi) is 4.09. The standard InChI is InChI=1S/C14H7ClF6N2O3/c1-5-10(26-12(24)25-5)4-23-9-3-7(15)6(13(16,17)18)2-8(9)22-11(23)14(19,20)21/h2-3H,4H2,1H3. The molecule has 0 saturated heterocycles. The second-order valence-electron chi connectivity index (χ2n) is 5.27. The zero-order chi connectivity index (χ0) is 19.4. The van der Waals surface area contributed by atoms with E-state index in [1.807, 2.05) is 0 Å². The van der Waals surface area contributed by atoms with E-state index >= 15 is 0 Å². The molecule has 0 atom stereocenters. The molecule has 0 saturated carbocycles. The van der Waals surface area contributed by atoms with E-state index in [-0.39, 0.29) is 17.0 Å². The van der Waals surface area contributed by atoms with Gasteiger partial charge in [0.25, 0.3) is 0 Å². The minimum Gasteiger partial charge on any atom is -0.396 e. The third kappa shape index (κ3) is 3.18. The van der Waals surface area contributed by atoms with Gasteiger partial charge < -0.3 is 13.4 Å². The number of alkyl halides is 6. The summed E-state index contributed by atoms with van der Waals surface area (Å²) in [5, 5.41) is -0.787. The first-order chi connectivity index (χ1) is 11.9. The lowest BCUT2D eigenvalue weighted by Gasteiger charge is -2.11. The van der Waals surface area contributed by atoms with Crippen molar-refractivity contribution in [2.24, 2.45) is 0 Å². The third-order valence-corrected chi connectivity index (χ3v) is 3.85. The average Bonchev–Trinajstić information content (AvgIpc) is 2.97. The summed E-state index contributed by atoms with van der Waals surface area (Å²) in [7, 11) is 0. The number of imidazole rings is 1. The second kappa shape index (κ2) is 5.79. The van der Waals surface area contributed by atoms with Crippen molar-refractivity contribution in [2.75, 3.05) is 0 Å². The summed E-state index contributed by atoms with van der Waals surface area (Å²) in [6.45, 7) is 0.659. The molecule has 0 N–H and O–H groups in total. The zero-order valence-corrected chi connectivity index (χ0v) is 13.4. The van der Waals surface area contributed by atoms with Gasteiger partial charge in [-0.25, -0.2) is 9.78 Å². The SMILES string of the molecule is Cc1oc(=O)oc1Cn1c(C(F)(F)F)nc2cc(C(F)(F)F)c(Cl)cc21. The number of halogens is 7. The maximum atomic E-state index is 13.3. The van der Waals surface area contributed by atoms with Crippen molar-refractivity contribution in [3.05, 3.63) is 50.7 Å². The van der Waals surface area contributed by atoms with Gasteiger partial charge in [-0.3, -0.25) is 0 Å². The minimum atomic E-state index is -4.97. The molecule has 0 unspecified atom stereocenters. The predicted octanol–water partition coefficient (Wildman–Crippen LogP) is 4.63. The molecule has 0 fully saturated rings. The van der Waals surface area contributed by atoms with E-state index in [2.05, 4.69) is 13.8 Å². The lowest BCUT2D eigenvalue weighted by molar-refractivity contribution is -0.146. The maximum absolute atomic E-state index is 13.3. The van der Waals surface area contributed by atoms with Crippen molar-refractivity contribution < 1.29 is 35.2 Å². The fourth-order valence-corrected chi connectivity index (χ4v) is 2.67. The van der Waals surface area contributed by atoms with Crippen LogP contribution in [-0.2, 0) is 18.9 Å². The van der Waals surface area contributed by atoms with E-state index in [9.17, 15) is 31.1 Å². The molecule has 5 nitrogen and oxygen atoms in total. The summed E-state index contributed by atoms with van der Waals surface area (Å²) in [6.07, 6.45) is -9.83. The van der Waals surface area contributed by atoms with Gasteiger partial charge in [-0.15, -0.1) is 0 Å². The molecule has 140 valence electrons. The fourth-order valence-electron chi connectivity index (χ4n) is 2.40. The summed E-state index contributed by atoms with van der Waals surface area (Å²) in [5.41, 5.74) is -2.17. The van der Waals surface area contributed by atoms with Crippen LogP contribution in [0.15, 0.2) is 25.8 Å². The Morgan fingerprint density at radius 3 is 2.27 bits per heavy atom. The molecular weight excluding hydrogens is 394 g/mol. The maximum Gasteiger partial charge on any atom is 0.519 e. The molecule has 2 heterocycles. The Morgan fingerprint density at radius 1 is 1.12 bits per heavy atom. The molecule has 1 aromatic carbocycles. The Morgan fingerprint density at radius 2 is 1.77 bits per heavy atom. The van der Waals surface area contributed by atoms with Gasteiger partial charge in [0.2, 0.25) is 5.82 Å². The van der Waals surface area contributed by atoms with Gasteiger partial charge in [0.15, 0.2) is 5.76 Å². The molecular formula is C14H7ClF6N2O3. The van der Waals surface area contributed by atoms with Crippen LogP contribution in [0.2, 0.25) is 5.02 Å². The average molecular weight is 401 g/mol. The first-order valence-electron chi connectivity index (χ1n) is 6.81. The van der Waals surface area contributed by atoms with E-state index in [4.69, 9.17) is 11.6 Å². The van der Waals surface area contributed by atoms with E-state index in [0.717, 1.165) is 6.07 Å². The molecule has 0 spiro atoms. The highest BCUT2D eigenvalue weighted by molar-refractivity contribution is 6.32. The van der Waals surface area contributed by atoms with E-state index < -0.39 is 46.6 Å². The first kappa shape index (κ1) is 18.4. The van der Waals surface area contributed by atoms with Crippen LogP contribution in [0.1, 0.15) is 22.9 Å². The molecule has 0 aliphatic carbocycles. The predicted molar refractivity (Wildman–Crippen MR) is 75.8 cm³/mol. The number of hydrogen-bond acceptors (Lipinski definition) is 4. The summed E-state index contributed by atoms with van der Waals surface area (Å²) in [6, 6.07) is 1.16. The molecule has 2 aromatic heterocycles.